The average Bonchev–Trinajstić information content (AvgIpc) is 3.10. The van der Waals surface area contributed by atoms with Crippen molar-refractivity contribution in [2.45, 2.75) is 18.8 Å². The zero-order chi connectivity index (χ0) is 19.9. The van der Waals surface area contributed by atoms with E-state index in [1.54, 1.807) is 19.3 Å². The number of piperidine rings is 1. The van der Waals surface area contributed by atoms with E-state index in [1.165, 1.54) is 8.99 Å². The Hall–Kier alpha value is -2.65. The van der Waals surface area contributed by atoms with Gasteiger partial charge < -0.3 is 10.5 Å². The topological polar surface area (TPSA) is 108 Å². The molecule has 1 atom stereocenters. The summed E-state index contributed by atoms with van der Waals surface area (Å²) in [6, 6.07) is 7.34. The number of para-hydroxylation sites is 1. The maximum Gasteiger partial charge on any atom is 0.252 e. The number of rotatable bonds is 4. The number of nitrogens with two attached hydrogens (primary N) is 1. The largest absolute Gasteiger partial charge is 0.487 e. The molecule has 0 saturated carbocycles. The summed E-state index contributed by atoms with van der Waals surface area (Å²) < 4.78 is 35.1. The van der Waals surface area contributed by atoms with Gasteiger partial charge in [-0.05, 0) is 25.0 Å². The predicted octanol–water partition coefficient (Wildman–Crippen LogP) is 1.46. The molecule has 2 aromatic rings. The lowest BCUT2D eigenvalue weighted by Crippen LogP contribution is -2.41. The zero-order valence-corrected chi connectivity index (χ0v) is 16.4. The van der Waals surface area contributed by atoms with Gasteiger partial charge in [-0.3, -0.25) is 9.48 Å². The van der Waals surface area contributed by atoms with Crippen molar-refractivity contribution in [1.82, 2.24) is 14.1 Å². The first-order chi connectivity index (χ1) is 13.4. The second-order valence-electron chi connectivity index (χ2n) is 7.11. The third-order valence-corrected chi connectivity index (χ3v) is 7.08. The molecule has 28 heavy (non-hydrogen) atoms. The summed E-state index contributed by atoms with van der Waals surface area (Å²) in [7, 11) is -1.96. The second-order valence-corrected chi connectivity index (χ2v) is 9.10. The number of amides is 1. The number of fused-ring (bicyclic) bond motifs is 1. The smallest absolute Gasteiger partial charge is 0.252 e. The Bertz CT molecular complexity index is 1060. The maximum atomic E-state index is 13.2. The van der Waals surface area contributed by atoms with Gasteiger partial charge in [0.25, 0.3) is 5.91 Å². The highest BCUT2D eigenvalue weighted by molar-refractivity contribution is 7.93. The normalized spacial score (nSPS) is 20.2. The van der Waals surface area contributed by atoms with Gasteiger partial charge in [0, 0.05) is 37.8 Å². The fraction of sp³-hybridized carbons (Fsp3) is 0.368. The molecular formula is C19H22N4O4S. The number of hydrogen-bond acceptors (Lipinski definition) is 5. The molecule has 1 fully saturated rings. The maximum absolute atomic E-state index is 13.2. The fourth-order valence-electron chi connectivity index (χ4n) is 3.79. The van der Waals surface area contributed by atoms with E-state index in [2.05, 4.69) is 5.10 Å². The summed E-state index contributed by atoms with van der Waals surface area (Å²) in [6.07, 6.45) is 4.69. The van der Waals surface area contributed by atoms with Crippen LogP contribution in [0.1, 0.15) is 40.4 Å². The summed E-state index contributed by atoms with van der Waals surface area (Å²) in [6.45, 7) is 0.700. The van der Waals surface area contributed by atoms with E-state index in [4.69, 9.17) is 10.5 Å². The number of benzene rings is 1. The number of nitrogens with zero attached hydrogens (tertiary/aromatic N) is 3. The van der Waals surface area contributed by atoms with Gasteiger partial charge in [0.05, 0.1) is 16.2 Å². The van der Waals surface area contributed by atoms with Crippen molar-refractivity contribution in [2.75, 3.05) is 19.7 Å². The first-order valence-corrected chi connectivity index (χ1v) is 10.6. The van der Waals surface area contributed by atoms with Gasteiger partial charge in [-0.15, -0.1) is 0 Å². The molecule has 1 amide bonds. The highest BCUT2D eigenvalue weighted by Gasteiger charge is 2.35. The van der Waals surface area contributed by atoms with E-state index in [0.717, 1.165) is 12.0 Å². The third kappa shape index (κ3) is 3.31. The molecule has 1 saturated heterocycles. The van der Waals surface area contributed by atoms with Gasteiger partial charge in [-0.25, -0.2) is 8.42 Å². The lowest BCUT2D eigenvalue weighted by molar-refractivity contribution is 0.0998. The molecule has 148 valence electrons. The van der Waals surface area contributed by atoms with Crippen LogP contribution in [0, 0.1) is 0 Å². The Morgan fingerprint density at radius 3 is 2.89 bits per heavy atom. The predicted molar refractivity (Wildman–Crippen MR) is 104 cm³/mol. The fourth-order valence-corrected chi connectivity index (χ4v) is 5.35. The molecule has 0 unspecified atom stereocenters. The molecule has 2 N–H and O–H groups in total. The van der Waals surface area contributed by atoms with Crippen LogP contribution >= 0.6 is 0 Å². The van der Waals surface area contributed by atoms with E-state index >= 15 is 0 Å². The Labute approximate surface area is 163 Å². The van der Waals surface area contributed by atoms with Crippen LogP contribution in [0.15, 0.2) is 35.4 Å². The van der Waals surface area contributed by atoms with Crippen molar-refractivity contribution in [3.63, 3.8) is 0 Å². The second kappa shape index (κ2) is 7.06. The van der Waals surface area contributed by atoms with Crippen LogP contribution in [-0.4, -0.2) is 48.1 Å². The Kier molecular flexibility index (Phi) is 4.72. The van der Waals surface area contributed by atoms with Gasteiger partial charge in [0.15, 0.2) is 0 Å². The first kappa shape index (κ1) is 18.7. The van der Waals surface area contributed by atoms with Crippen molar-refractivity contribution < 1.29 is 17.9 Å². The van der Waals surface area contributed by atoms with E-state index < -0.39 is 15.9 Å². The van der Waals surface area contributed by atoms with Crippen LogP contribution in [0.5, 0.6) is 5.75 Å². The first-order valence-electron chi connectivity index (χ1n) is 9.12. The summed E-state index contributed by atoms with van der Waals surface area (Å²) >= 11 is 0. The minimum atomic E-state index is -3.68. The highest BCUT2D eigenvalue weighted by atomic mass is 32.2. The number of sulfonamides is 1. The summed E-state index contributed by atoms with van der Waals surface area (Å²) in [4.78, 5) is 12.0. The number of carbonyl (C=O) groups excluding carboxylic acids is 1. The van der Waals surface area contributed by atoms with E-state index in [1.807, 2.05) is 24.3 Å². The number of aryl methyl sites for hydroxylation is 1. The van der Waals surface area contributed by atoms with Crippen LogP contribution in [-0.2, 0) is 17.1 Å². The molecule has 2 aliphatic rings. The summed E-state index contributed by atoms with van der Waals surface area (Å²) in [5.41, 5.74) is 7.13. The molecule has 0 aliphatic carbocycles. The summed E-state index contributed by atoms with van der Waals surface area (Å²) in [5, 5.41) is 4.37. The van der Waals surface area contributed by atoms with Crippen molar-refractivity contribution in [1.29, 1.82) is 0 Å². The third-order valence-electron chi connectivity index (χ3n) is 5.17. The molecular weight excluding hydrogens is 380 g/mol. The van der Waals surface area contributed by atoms with Crippen molar-refractivity contribution in [3.05, 3.63) is 52.2 Å². The van der Waals surface area contributed by atoms with Crippen LogP contribution in [0.25, 0.3) is 6.08 Å². The number of ether oxygens (including phenoxy) is 1. The lowest BCUT2D eigenvalue weighted by atomic mass is 9.93. The molecule has 9 heteroatoms. The van der Waals surface area contributed by atoms with Crippen molar-refractivity contribution in [3.8, 4) is 5.75 Å². The van der Waals surface area contributed by atoms with E-state index in [-0.39, 0.29) is 24.0 Å². The quantitative estimate of drug-likeness (QED) is 0.833. The van der Waals surface area contributed by atoms with Crippen LogP contribution in [0.3, 0.4) is 0 Å². The van der Waals surface area contributed by atoms with Gasteiger partial charge >= 0.3 is 0 Å². The van der Waals surface area contributed by atoms with E-state index in [9.17, 15) is 13.2 Å². The minimum Gasteiger partial charge on any atom is -0.487 e. The molecule has 0 spiro atoms. The minimum absolute atomic E-state index is 0.0106. The standard InChI is InChI=1S/C19H22N4O4S/c1-22-11-16(19(20)24)18(21-22)14-6-4-8-23(10-14)28(25,26)15-9-13-5-2-3-7-17(13)27-12-15/h2-3,5,7,9,11,14H,4,6,8,10,12H2,1H3,(H2,20,24)/t14-/m0/s1. The van der Waals surface area contributed by atoms with E-state index in [0.29, 0.717) is 30.0 Å². The Morgan fingerprint density at radius 2 is 2.11 bits per heavy atom. The molecule has 1 aromatic heterocycles. The van der Waals surface area contributed by atoms with Crippen LogP contribution < -0.4 is 10.5 Å². The molecule has 3 heterocycles. The monoisotopic (exact) mass is 402 g/mol. The van der Waals surface area contributed by atoms with Gasteiger partial charge in [-0.2, -0.15) is 9.40 Å². The van der Waals surface area contributed by atoms with Crippen molar-refractivity contribution >= 4 is 22.0 Å². The number of primary amides is 1. The summed E-state index contributed by atoms with van der Waals surface area (Å²) in [5.74, 6) is -0.0507. The van der Waals surface area contributed by atoms with Crippen LogP contribution in [0.4, 0.5) is 0 Å². The average molecular weight is 402 g/mol. The van der Waals surface area contributed by atoms with Crippen LogP contribution in [0.2, 0.25) is 0 Å². The lowest BCUT2D eigenvalue weighted by Gasteiger charge is -2.32. The van der Waals surface area contributed by atoms with Gasteiger partial charge in [0.1, 0.15) is 12.4 Å². The van der Waals surface area contributed by atoms with Gasteiger partial charge in [0.2, 0.25) is 10.0 Å². The van der Waals surface area contributed by atoms with Gasteiger partial charge in [-0.1, -0.05) is 18.2 Å². The Morgan fingerprint density at radius 1 is 1.32 bits per heavy atom. The molecule has 0 bridgehead atoms. The molecule has 0 radical (unpaired) electrons. The molecule has 2 aliphatic heterocycles. The number of carbonyl (C=O) groups is 1. The van der Waals surface area contributed by atoms with Crippen molar-refractivity contribution in [2.24, 2.45) is 12.8 Å². The Balaban J connectivity index is 1.61. The zero-order valence-electron chi connectivity index (χ0n) is 15.5. The SMILES string of the molecule is Cn1cc(C(N)=O)c([C@H]2CCCN(S(=O)(=O)C3=Cc4ccccc4OC3)C2)n1. The number of aromatic nitrogens is 2. The number of hydrogen-bond donors (Lipinski definition) is 1. The molecule has 8 nitrogen and oxygen atoms in total. The molecule has 4 rings (SSSR count). The molecule has 1 aromatic carbocycles. The highest BCUT2D eigenvalue weighted by Crippen LogP contribution is 2.33.